The summed E-state index contributed by atoms with van der Waals surface area (Å²) in [7, 11) is 0. The van der Waals surface area contributed by atoms with Gasteiger partial charge >= 0.3 is 0 Å². The lowest BCUT2D eigenvalue weighted by Crippen LogP contribution is -2.30. The maximum absolute atomic E-state index is 12.2. The monoisotopic (exact) mass is 354 g/mol. The molecule has 6 heteroatoms. The van der Waals surface area contributed by atoms with Crippen molar-refractivity contribution in [3.05, 3.63) is 59.7 Å². The third-order valence-electron chi connectivity index (χ3n) is 3.81. The summed E-state index contributed by atoms with van der Waals surface area (Å²) in [5.74, 6) is -0.105. The number of hydrogen-bond donors (Lipinski definition) is 2. The smallest absolute Gasteiger partial charge is 0.265 e. The molecule has 2 aromatic rings. The molecule has 0 aromatic heterocycles. The van der Waals surface area contributed by atoms with E-state index in [0.29, 0.717) is 29.8 Å². The van der Waals surface area contributed by atoms with Crippen molar-refractivity contribution in [2.75, 3.05) is 5.32 Å². The second kappa shape index (κ2) is 8.80. The molecule has 6 nitrogen and oxygen atoms in total. The van der Waals surface area contributed by atoms with Crippen molar-refractivity contribution in [2.45, 2.75) is 32.8 Å². The molecule has 0 heterocycles. The number of nitrogens with one attached hydrogen (secondary N) is 1. The van der Waals surface area contributed by atoms with Crippen molar-refractivity contribution in [1.29, 1.82) is 0 Å². The van der Waals surface area contributed by atoms with Crippen LogP contribution in [0.15, 0.2) is 48.5 Å². The average Bonchev–Trinajstić information content (AvgIpc) is 2.61. The van der Waals surface area contributed by atoms with E-state index in [9.17, 15) is 14.4 Å². The number of nitrogens with two attached hydrogens (primary N) is 1. The topological polar surface area (TPSA) is 98.5 Å². The molecule has 0 aliphatic carbocycles. The zero-order valence-electron chi connectivity index (χ0n) is 14.8. The first kappa shape index (κ1) is 19.2. The number of carbonyl (C=O) groups is 3. The predicted octanol–water partition coefficient (Wildman–Crippen LogP) is 2.71. The van der Waals surface area contributed by atoms with Crippen LogP contribution in [0.2, 0.25) is 0 Å². The molecule has 0 fully saturated rings. The normalized spacial score (nSPS) is 11.5. The molecule has 26 heavy (non-hydrogen) atoms. The second-order valence-corrected chi connectivity index (χ2v) is 6.04. The molecular formula is C20H22N2O4. The highest BCUT2D eigenvalue weighted by Crippen LogP contribution is 2.16. The van der Waals surface area contributed by atoms with Gasteiger partial charge in [-0.3, -0.25) is 9.59 Å². The van der Waals surface area contributed by atoms with Gasteiger partial charge in [-0.25, -0.2) is 0 Å². The highest BCUT2D eigenvalue weighted by Gasteiger charge is 2.15. The number of Topliss-reactive ketones (excluding diaryl/α,β-unsaturated/α-hetero) is 1. The molecule has 3 N–H and O–H groups in total. The quantitative estimate of drug-likeness (QED) is 0.761. The van der Waals surface area contributed by atoms with Crippen molar-refractivity contribution in [3.8, 4) is 5.75 Å². The van der Waals surface area contributed by atoms with Gasteiger partial charge in [0.1, 0.15) is 11.5 Å². The molecule has 136 valence electrons. The minimum atomic E-state index is -0.700. The maximum Gasteiger partial charge on any atom is 0.265 e. The van der Waals surface area contributed by atoms with E-state index >= 15 is 0 Å². The first-order chi connectivity index (χ1) is 12.3. The van der Waals surface area contributed by atoms with Gasteiger partial charge in [-0.15, -0.1) is 0 Å². The molecule has 0 aliphatic heterocycles. The number of anilines is 1. The first-order valence-electron chi connectivity index (χ1n) is 8.31. The Labute approximate surface area is 152 Å². The van der Waals surface area contributed by atoms with Crippen LogP contribution in [0.4, 0.5) is 5.69 Å². The van der Waals surface area contributed by atoms with Gasteiger partial charge in [0.15, 0.2) is 6.10 Å². The largest absolute Gasteiger partial charge is 0.481 e. The van der Waals surface area contributed by atoms with Gasteiger partial charge in [0.25, 0.3) is 5.91 Å². The zero-order valence-corrected chi connectivity index (χ0v) is 14.8. The molecule has 2 amide bonds. The van der Waals surface area contributed by atoms with Crippen LogP contribution in [0.25, 0.3) is 0 Å². The van der Waals surface area contributed by atoms with Crippen molar-refractivity contribution < 1.29 is 19.1 Å². The molecule has 0 saturated carbocycles. The van der Waals surface area contributed by atoms with Crippen LogP contribution < -0.4 is 15.8 Å². The lowest BCUT2D eigenvalue weighted by Gasteiger charge is -2.15. The summed E-state index contributed by atoms with van der Waals surface area (Å²) < 4.78 is 5.64. The summed E-state index contributed by atoms with van der Waals surface area (Å²) in [5, 5.41) is 2.72. The van der Waals surface area contributed by atoms with Gasteiger partial charge in [-0.1, -0.05) is 12.1 Å². The van der Waals surface area contributed by atoms with Crippen LogP contribution in [-0.4, -0.2) is 23.7 Å². The fourth-order valence-corrected chi connectivity index (χ4v) is 2.27. The number of rotatable bonds is 8. The van der Waals surface area contributed by atoms with E-state index in [-0.39, 0.29) is 11.7 Å². The van der Waals surface area contributed by atoms with Crippen molar-refractivity contribution in [2.24, 2.45) is 5.73 Å². The summed E-state index contributed by atoms with van der Waals surface area (Å²) in [6, 6.07) is 13.6. The summed E-state index contributed by atoms with van der Waals surface area (Å²) in [6.45, 7) is 3.22. The van der Waals surface area contributed by atoms with Crippen LogP contribution in [-0.2, 0) is 16.0 Å². The predicted molar refractivity (Wildman–Crippen MR) is 99.1 cm³/mol. The number of ketones is 1. The molecule has 0 bridgehead atoms. The highest BCUT2D eigenvalue weighted by atomic mass is 16.5. The summed E-state index contributed by atoms with van der Waals surface area (Å²) in [4.78, 5) is 34.3. The van der Waals surface area contributed by atoms with E-state index in [2.05, 4.69) is 5.32 Å². The Morgan fingerprint density at radius 3 is 2.19 bits per heavy atom. The zero-order chi connectivity index (χ0) is 19.1. The fourth-order valence-electron chi connectivity index (χ4n) is 2.27. The van der Waals surface area contributed by atoms with E-state index < -0.39 is 12.0 Å². The molecular weight excluding hydrogens is 332 g/mol. The standard InChI is InChI=1S/C20H22N2O4/c1-13(23)3-4-15-5-11-18(12-6-15)26-14(2)20(25)22-17-9-7-16(8-10-17)19(21)24/h5-12,14H,3-4H2,1-2H3,(H2,21,24)(H,22,25)/t14-/m0/s1. The number of ether oxygens (including phenoxy) is 1. The van der Waals surface area contributed by atoms with Gasteiger partial charge in [-0.05, 0) is 62.2 Å². The number of amides is 2. The van der Waals surface area contributed by atoms with Crippen LogP contribution in [0.3, 0.4) is 0 Å². The number of hydrogen-bond acceptors (Lipinski definition) is 4. The third kappa shape index (κ3) is 5.73. The average molecular weight is 354 g/mol. The van der Waals surface area contributed by atoms with E-state index in [4.69, 9.17) is 10.5 Å². The van der Waals surface area contributed by atoms with E-state index in [1.807, 2.05) is 12.1 Å². The Balaban J connectivity index is 1.89. The Hall–Kier alpha value is -3.15. The fraction of sp³-hybridized carbons (Fsp3) is 0.250. The molecule has 1 atom stereocenters. The minimum absolute atomic E-state index is 0.152. The first-order valence-corrected chi connectivity index (χ1v) is 8.31. The van der Waals surface area contributed by atoms with Gasteiger partial charge in [0.05, 0.1) is 0 Å². The molecule has 2 rings (SSSR count). The lowest BCUT2D eigenvalue weighted by molar-refractivity contribution is -0.122. The minimum Gasteiger partial charge on any atom is -0.481 e. The summed E-state index contributed by atoms with van der Waals surface area (Å²) in [6.07, 6.45) is 0.495. The Morgan fingerprint density at radius 2 is 1.65 bits per heavy atom. The van der Waals surface area contributed by atoms with Gasteiger partial charge in [0.2, 0.25) is 5.91 Å². The Morgan fingerprint density at radius 1 is 1.04 bits per heavy atom. The van der Waals surface area contributed by atoms with Gasteiger partial charge in [0, 0.05) is 17.7 Å². The summed E-state index contributed by atoms with van der Waals surface area (Å²) >= 11 is 0. The number of aryl methyl sites for hydroxylation is 1. The summed E-state index contributed by atoms with van der Waals surface area (Å²) in [5.41, 5.74) is 7.14. The Bertz CT molecular complexity index is 782. The molecule has 0 aliphatic rings. The van der Waals surface area contributed by atoms with Crippen LogP contribution in [0.5, 0.6) is 5.75 Å². The molecule has 0 saturated heterocycles. The molecule has 2 aromatic carbocycles. The van der Waals surface area contributed by atoms with Crippen LogP contribution in [0, 0.1) is 0 Å². The second-order valence-electron chi connectivity index (χ2n) is 6.04. The molecule has 0 radical (unpaired) electrons. The molecule has 0 spiro atoms. The van der Waals surface area contributed by atoms with E-state index in [0.717, 1.165) is 5.56 Å². The van der Waals surface area contributed by atoms with Gasteiger partial charge in [-0.2, -0.15) is 0 Å². The maximum atomic E-state index is 12.2. The van der Waals surface area contributed by atoms with Crippen molar-refractivity contribution in [1.82, 2.24) is 0 Å². The number of carbonyl (C=O) groups excluding carboxylic acids is 3. The van der Waals surface area contributed by atoms with E-state index in [1.54, 1.807) is 50.2 Å². The third-order valence-corrected chi connectivity index (χ3v) is 3.81. The van der Waals surface area contributed by atoms with Crippen molar-refractivity contribution >= 4 is 23.3 Å². The Kier molecular flexibility index (Phi) is 6.49. The van der Waals surface area contributed by atoms with E-state index in [1.165, 1.54) is 0 Å². The number of benzene rings is 2. The van der Waals surface area contributed by atoms with Gasteiger partial charge < -0.3 is 20.6 Å². The SMILES string of the molecule is CC(=O)CCc1ccc(O[C@@H](C)C(=O)Nc2ccc(C(N)=O)cc2)cc1. The van der Waals surface area contributed by atoms with Crippen LogP contribution in [0.1, 0.15) is 36.2 Å². The van der Waals surface area contributed by atoms with Crippen molar-refractivity contribution in [3.63, 3.8) is 0 Å². The number of primary amides is 1. The highest BCUT2D eigenvalue weighted by molar-refractivity contribution is 5.96. The molecule has 0 unspecified atom stereocenters. The lowest BCUT2D eigenvalue weighted by atomic mass is 10.1. The van der Waals surface area contributed by atoms with Crippen LogP contribution >= 0.6 is 0 Å².